The average molecular weight is 252 g/mol. The lowest BCUT2D eigenvalue weighted by molar-refractivity contribution is -0.122. The van der Waals surface area contributed by atoms with Gasteiger partial charge in [-0.25, -0.2) is 0 Å². The molecule has 18 heavy (non-hydrogen) atoms. The number of nitrogens with two attached hydrogens (primary N) is 1. The molecule has 1 saturated carbocycles. The molecule has 1 aliphatic rings. The summed E-state index contributed by atoms with van der Waals surface area (Å²) < 4.78 is 4.92. The van der Waals surface area contributed by atoms with Crippen molar-refractivity contribution in [3.8, 4) is 0 Å². The Balaban J connectivity index is 1.78. The molecule has 6 nitrogen and oxygen atoms in total. The molecule has 1 heterocycles. The summed E-state index contributed by atoms with van der Waals surface area (Å²) >= 11 is 0. The number of hydrogen-bond donors (Lipinski definition) is 2. The van der Waals surface area contributed by atoms with Crippen molar-refractivity contribution < 1.29 is 9.32 Å². The van der Waals surface area contributed by atoms with E-state index in [1.54, 1.807) is 6.92 Å². The Morgan fingerprint density at radius 3 is 2.78 bits per heavy atom. The van der Waals surface area contributed by atoms with Crippen molar-refractivity contribution in [3.63, 3.8) is 0 Å². The third kappa shape index (κ3) is 3.53. The first-order valence-corrected chi connectivity index (χ1v) is 6.42. The van der Waals surface area contributed by atoms with Crippen molar-refractivity contribution in [1.82, 2.24) is 15.5 Å². The molecular weight excluding hydrogens is 232 g/mol. The third-order valence-corrected chi connectivity index (χ3v) is 3.37. The van der Waals surface area contributed by atoms with Gasteiger partial charge in [-0.05, 0) is 19.8 Å². The Hall–Kier alpha value is -1.43. The summed E-state index contributed by atoms with van der Waals surface area (Å²) in [6, 6.07) is 0. The maximum Gasteiger partial charge on any atom is 0.246 e. The van der Waals surface area contributed by atoms with Crippen LogP contribution in [0.2, 0.25) is 0 Å². The molecule has 0 saturated heterocycles. The van der Waals surface area contributed by atoms with E-state index in [2.05, 4.69) is 15.5 Å². The largest absolute Gasteiger partial charge is 0.347 e. The quantitative estimate of drug-likeness (QED) is 0.835. The van der Waals surface area contributed by atoms with Crippen molar-refractivity contribution >= 4 is 5.91 Å². The van der Waals surface area contributed by atoms with Gasteiger partial charge in [0.25, 0.3) is 0 Å². The van der Waals surface area contributed by atoms with Crippen LogP contribution in [0.5, 0.6) is 0 Å². The number of hydrogen-bond acceptors (Lipinski definition) is 5. The van der Waals surface area contributed by atoms with Crippen LogP contribution in [0.3, 0.4) is 0 Å². The van der Waals surface area contributed by atoms with E-state index in [1.807, 2.05) is 0 Å². The second-order valence-electron chi connectivity index (χ2n) is 5.11. The Labute approximate surface area is 106 Å². The number of carbonyl (C=O) groups excluding carboxylic acids is 1. The first-order chi connectivity index (χ1) is 8.57. The van der Waals surface area contributed by atoms with E-state index in [9.17, 15) is 4.79 Å². The number of nitrogens with zero attached hydrogens (tertiary/aromatic N) is 2. The molecule has 0 atom stereocenters. The van der Waals surface area contributed by atoms with E-state index < -0.39 is 0 Å². The third-order valence-electron chi connectivity index (χ3n) is 3.37. The van der Waals surface area contributed by atoms with Gasteiger partial charge in [-0.3, -0.25) is 4.79 Å². The summed E-state index contributed by atoms with van der Waals surface area (Å²) in [5, 5.41) is 6.43. The van der Waals surface area contributed by atoms with Crippen LogP contribution in [0.25, 0.3) is 0 Å². The summed E-state index contributed by atoms with van der Waals surface area (Å²) in [4.78, 5) is 15.8. The van der Waals surface area contributed by atoms with Crippen LogP contribution in [0.4, 0.5) is 0 Å². The lowest BCUT2D eigenvalue weighted by Crippen LogP contribution is -2.45. The minimum absolute atomic E-state index is 0.0461. The SMILES string of the molecule is Cc1noc(CNC(=O)CC2(N)CCCCC2)n1. The summed E-state index contributed by atoms with van der Waals surface area (Å²) in [5.74, 6) is 0.952. The van der Waals surface area contributed by atoms with Crippen LogP contribution in [-0.2, 0) is 11.3 Å². The molecule has 1 aromatic heterocycles. The lowest BCUT2D eigenvalue weighted by atomic mass is 9.80. The molecule has 3 N–H and O–H groups in total. The number of aryl methyl sites for hydroxylation is 1. The van der Waals surface area contributed by atoms with Gasteiger partial charge in [-0.15, -0.1) is 0 Å². The lowest BCUT2D eigenvalue weighted by Gasteiger charge is -2.32. The Morgan fingerprint density at radius 2 is 2.17 bits per heavy atom. The highest BCUT2D eigenvalue weighted by molar-refractivity contribution is 5.77. The van der Waals surface area contributed by atoms with Gasteiger partial charge < -0.3 is 15.6 Å². The molecule has 6 heteroatoms. The van der Waals surface area contributed by atoms with Crippen LogP contribution in [-0.4, -0.2) is 21.6 Å². The number of nitrogens with one attached hydrogen (secondary N) is 1. The maximum atomic E-state index is 11.8. The van der Waals surface area contributed by atoms with Crippen LogP contribution < -0.4 is 11.1 Å². The molecule has 0 aliphatic heterocycles. The predicted molar refractivity (Wildman–Crippen MR) is 65.5 cm³/mol. The summed E-state index contributed by atoms with van der Waals surface area (Å²) in [6.07, 6.45) is 5.70. The van der Waals surface area contributed by atoms with Gasteiger partial charge in [0.1, 0.15) is 0 Å². The predicted octanol–water partition coefficient (Wildman–Crippen LogP) is 1.05. The smallest absolute Gasteiger partial charge is 0.246 e. The van der Waals surface area contributed by atoms with Crippen molar-refractivity contribution in [3.05, 3.63) is 11.7 Å². The zero-order chi connectivity index (χ0) is 13.0. The first-order valence-electron chi connectivity index (χ1n) is 6.42. The van der Waals surface area contributed by atoms with Crippen LogP contribution >= 0.6 is 0 Å². The van der Waals surface area contributed by atoms with Gasteiger partial charge in [-0.2, -0.15) is 4.98 Å². The highest BCUT2D eigenvalue weighted by Gasteiger charge is 2.29. The Morgan fingerprint density at radius 1 is 1.44 bits per heavy atom. The van der Waals surface area contributed by atoms with Gasteiger partial charge in [0.2, 0.25) is 11.8 Å². The summed E-state index contributed by atoms with van der Waals surface area (Å²) in [5.41, 5.74) is 5.89. The minimum atomic E-state index is -0.326. The Bertz CT molecular complexity index is 410. The summed E-state index contributed by atoms with van der Waals surface area (Å²) in [7, 11) is 0. The maximum absolute atomic E-state index is 11.8. The topological polar surface area (TPSA) is 94.0 Å². The second-order valence-corrected chi connectivity index (χ2v) is 5.11. The molecule has 0 spiro atoms. The average Bonchev–Trinajstić information content (AvgIpc) is 2.73. The van der Waals surface area contributed by atoms with E-state index in [0.29, 0.717) is 18.1 Å². The van der Waals surface area contributed by atoms with E-state index in [4.69, 9.17) is 10.3 Å². The number of rotatable bonds is 4. The van der Waals surface area contributed by atoms with Crippen molar-refractivity contribution in [2.45, 2.75) is 57.5 Å². The summed E-state index contributed by atoms with van der Waals surface area (Å²) in [6.45, 7) is 2.02. The molecule has 2 rings (SSSR count). The fourth-order valence-electron chi connectivity index (χ4n) is 2.40. The van der Waals surface area contributed by atoms with Gasteiger partial charge in [-0.1, -0.05) is 24.4 Å². The molecule has 0 aromatic carbocycles. The molecule has 0 radical (unpaired) electrons. The zero-order valence-corrected chi connectivity index (χ0v) is 10.7. The minimum Gasteiger partial charge on any atom is -0.347 e. The highest BCUT2D eigenvalue weighted by Crippen LogP contribution is 2.28. The van der Waals surface area contributed by atoms with Gasteiger partial charge in [0.05, 0.1) is 6.54 Å². The number of amides is 1. The fourth-order valence-corrected chi connectivity index (χ4v) is 2.40. The van der Waals surface area contributed by atoms with Crippen molar-refractivity contribution in [2.75, 3.05) is 0 Å². The van der Waals surface area contributed by atoms with Crippen molar-refractivity contribution in [2.24, 2.45) is 5.73 Å². The normalized spacial score (nSPS) is 18.6. The molecule has 1 aliphatic carbocycles. The standard InChI is InChI=1S/C12H20N4O2/c1-9-15-11(18-16-9)8-14-10(17)7-12(13)5-3-2-4-6-12/h2-8,13H2,1H3,(H,14,17). The molecular formula is C12H20N4O2. The molecule has 1 amide bonds. The van der Waals surface area contributed by atoms with Gasteiger partial charge in [0.15, 0.2) is 5.82 Å². The van der Waals surface area contributed by atoms with Crippen molar-refractivity contribution in [1.29, 1.82) is 0 Å². The van der Waals surface area contributed by atoms with E-state index in [-0.39, 0.29) is 18.0 Å². The molecule has 0 bridgehead atoms. The number of aromatic nitrogens is 2. The van der Waals surface area contributed by atoms with E-state index in [1.165, 1.54) is 6.42 Å². The second kappa shape index (κ2) is 5.48. The van der Waals surface area contributed by atoms with Gasteiger partial charge in [0, 0.05) is 12.0 Å². The zero-order valence-electron chi connectivity index (χ0n) is 10.7. The highest BCUT2D eigenvalue weighted by atomic mass is 16.5. The number of carbonyl (C=O) groups is 1. The molecule has 100 valence electrons. The van der Waals surface area contributed by atoms with Gasteiger partial charge >= 0.3 is 0 Å². The van der Waals surface area contributed by atoms with E-state index in [0.717, 1.165) is 25.7 Å². The molecule has 1 fully saturated rings. The fraction of sp³-hybridized carbons (Fsp3) is 0.750. The molecule has 1 aromatic rings. The monoisotopic (exact) mass is 252 g/mol. The Kier molecular flexibility index (Phi) is 3.96. The van der Waals surface area contributed by atoms with Crippen LogP contribution in [0.1, 0.15) is 50.2 Å². The molecule has 0 unspecified atom stereocenters. The van der Waals surface area contributed by atoms with Crippen LogP contribution in [0.15, 0.2) is 4.52 Å². The first kappa shape index (κ1) is 13.0. The van der Waals surface area contributed by atoms with Crippen LogP contribution in [0, 0.1) is 6.92 Å². The van der Waals surface area contributed by atoms with E-state index >= 15 is 0 Å².